The molecule has 4 aromatic heterocycles. The Labute approximate surface area is 188 Å². The van der Waals surface area contributed by atoms with E-state index < -0.39 is 0 Å². The van der Waals surface area contributed by atoms with E-state index in [1.54, 1.807) is 18.5 Å². The van der Waals surface area contributed by atoms with Crippen LogP contribution in [0.3, 0.4) is 0 Å². The number of aromatic amines is 2. The van der Waals surface area contributed by atoms with Gasteiger partial charge in [-0.3, -0.25) is 10.1 Å². The van der Waals surface area contributed by atoms with Gasteiger partial charge in [0.2, 0.25) is 0 Å². The molecule has 0 bridgehead atoms. The van der Waals surface area contributed by atoms with E-state index in [-0.39, 0.29) is 5.82 Å². The second kappa shape index (κ2) is 7.93. The van der Waals surface area contributed by atoms with Gasteiger partial charge in [0.15, 0.2) is 11.5 Å². The molecule has 33 heavy (non-hydrogen) atoms. The quantitative estimate of drug-likeness (QED) is 0.385. The molecule has 166 valence electrons. The molecule has 1 aliphatic rings. The molecule has 3 N–H and O–H groups in total. The summed E-state index contributed by atoms with van der Waals surface area (Å²) in [5.74, 6) is 1.08. The summed E-state index contributed by atoms with van der Waals surface area (Å²) < 4.78 is 19.4. The Kier molecular flexibility index (Phi) is 4.76. The number of rotatable bonds is 4. The number of methoxy groups -OCH3 is 1. The minimum Gasteiger partial charge on any atom is -0.497 e. The van der Waals surface area contributed by atoms with Gasteiger partial charge in [-0.25, -0.2) is 14.4 Å². The van der Waals surface area contributed by atoms with Gasteiger partial charge in [0.05, 0.1) is 29.9 Å². The van der Waals surface area contributed by atoms with Crippen molar-refractivity contribution in [2.24, 2.45) is 0 Å². The van der Waals surface area contributed by atoms with Crippen LogP contribution in [0.5, 0.6) is 5.75 Å². The smallest absolute Gasteiger partial charge is 0.161 e. The van der Waals surface area contributed by atoms with E-state index in [2.05, 4.69) is 31.5 Å². The first kappa shape index (κ1) is 19.8. The summed E-state index contributed by atoms with van der Waals surface area (Å²) in [6.45, 7) is 2.01. The predicted octanol–water partition coefficient (Wildman–Crippen LogP) is 4.18. The SMILES string of the molecule is COc1cc(F)cc(-c2cncc3[nH]c(-c4n[nH]c5ccc(C6CCNCC6)nc45)nc23)c1. The molecule has 5 aromatic rings. The number of imidazole rings is 1. The highest BCUT2D eigenvalue weighted by Crippen LogP contribution is 2.33. The highest BCUT2D eigenvalue weighted by atomic mass is 19.1. The summed E-state index contributed by atoms with van der Waals surface area (Å²) in [6, 6.07) is 8.67. The molecule has 0 saturated carbocycles. The number of nitrogens with one attached hydrogen (secondary N) is 3. The number of benzene rings is 1. The maximum absolute atomic E-state index is 14.1. The number of aromatic nitrogens is 6. The van der Waals surface area contributed by atoms with Gasteiger partial charge in [0, 0.05) is 29.4 Å². The summed E-state index contributed by atoms with van der Waals surface area (Å²) in [4.78, 5) is 17.4. The molecule has 1 aliphatic heterocycles. The molecule has 1 saturated heterocycles. The molecule has 5 heterocycles. The van der Waals surface area contributed by atoms with Crippen molar-refractivity contribution >= 4 is 22.1 Å². The largest absolute Gasteiger partial charge is 0.497 e. The van der Waals surface area contributed by atoms with Crippen molar-refractivity contribution in [3.63, 3.8) is 0 Å². The van der Waals surface area contributed by atoms with Crippen LogP contribution in [0.25, 0.3) is 44.7 Å². The van der Waals surface area contributed by atoms with Crippen LogP contribution in [0, 0.1) is 5.82 Å². The number of piperidine rings is 1. The van der Waals surface area contributed by atoms with Gasteiger partial charge in [-0.15, -0.1) is 0 Å². The average Bonchev–Trinajstić information content (AvgIpc) is 3.47. The number of H-pyrrole nitrogens is 2. The standard InChI is InChI=1S/C24H22FN7O/c1-33-16-9-14(8-15(25)10-16)17-11-27-12-20-21(17)30-24(29-20)23-22-19(31-32-23)3-2-18(28-22)13-4-6-26-7-5-13/h2-3,8-13,26H,4-7H2,1H3,(H,29,30)(H,31,32). The highest BCUT2D eigenvalue weighted by Gasteiger charge is 2.20. The first-order valence-electron chi connectivity index (χ1n) is 10.9. The zero-order valence-corrected chi connectivity index (χ0v) is 18.0. The lowest BCUT2D eigenvalue weighted by molar-refractivity contribution is 0.411. The van der Waals surface area contributed by atoms with Crippen molar-refractivity contribution in [2.75, 3.05) is 20.2 Å². The summed E-state index contributed by atoms with van der Waals surface area (Å²) >= 11 is 0. The van der Waals surface area contributed by atoms with Gasteiger partial charge >= 0.3 is 0 Å². The Morgan fingerprint density at radius 3 is 2.73 bits per heavy atom. The van der Waals surface area contributed by atoms with Gasteiger partial charge in [0.25, 0.3) is 0 Å². The Bertz CT molecular complexity index is 1470. The van der Waals surface area contributed by atoms with Crippen molar-refractivity contribution < 1.29 is 9.13 Å². The van der Waals surface area contributed by atoms with Gasteiger partial charge in [-0.2, -0.15) is 5.10 Å². The molecular weight excluding hydrogens is 421 g/mol. The number of halogens is 1. The number of hydrogen-bond acceptors (Lipinski definition) is 6. The Hall–Kier alpha value is -3.85. The van der Waals surface area contributed by atoms with E-state index in [4.69, 9.17) is 14.7 Å². The monoisotopic (exact) mass is 443 g/mol. The van der Waals surface area contributed by atoms with Crippen LogP contribution in [0.15, 0.2) is 42.7 Å². The van der Waals surface area contributed by atoms with Crippen molar-refractivity contribution in [1.82, 2.24) is 35.5 Å². The molecule has 6 rings (SSSR count). The molecule has 1 fully saturated rings. The lowest BCUT2D eigenvalue weighted by Gasteiger charge is -2.22. The zero-order valence-electron chi connectivity index (χ0n) is 18.0. The molecular formula is C24H22FN7O. The summed E-state index contributed by atoms with van der Waals surface area (Å²) in [6.07, 6.45) is 5.52. The number of pyridine rings is 2. The van der Waals surface area contributed by atoms with E-state index in [1.807, 2.05) is 6.07 Å². The van der Waals surface area contributed by atoms with Gasteiger partial charge in [-0.05, 0) is 55.8 Å². The van der Waals surface area contributed by atoms with Crippen LogP contribution in [-0.2, 0) is 0 Å². The van der Waals surface area contributed by atoms with Crippen LogP contribution in [0.4, 0.5) is 4.39 Å². The maximum atomic E-state index is 14.1. The summed E-state index contributed by atoms with van der Waals surface area (Å²) in [5, 5.41) is 11.0. The first-order valence-corrected chi connectivity index (χ1v) is 10.9. The van der Waals surface area contributed by atoms with Crippen LogP contribution in [0.1, 0.15) is 24.5 Å². The third-order valence-corrected chi connectivity index (χ3v) is 6.22. The van der Waals surface area contributed by atoms with Crippen LogP contribution in [-0.4, -0.2) is 50.3 Å². The Morgan fingerprint density at radius 2 is 1.88 bits per heavy atom. The summed E-state index contributed by atoms with van der Waals surface area (Å²) in [5.41, 5.74) is 6.13. The van der Waals surface area contributed by atoms with Crippen molar-refractivity contribution in [3.05, 3.63) is 54.2 Å². The second-order valence-electron chi connectivity index (χ2n) is 8.28. The Balaban J connectivity index is 1.46. The second-order valence-corrected chi connectivity index (χ2v) is 8.28. The lowest BCUT2D eigenvalue weighted by atomic mass is 9.94. The highest BCUT2D eigenvalue weighted by molar-refractivity contribution is 5.95. The number of ether oxygens (including phenoxy) is 1. The number of nitrogens with zero attached hydrogens (tertiary/aromatic N) is 4. The molecule has 0 spiro atoms. The molecule has 0 unspecified atom stereocenters. The van der Waals surface area contributed by atoms with Gasteiger partial charge in [-0.1, -0.05) is 0 Å². The van der Waals surface area contributed by atoms with E-state index in [0.29, 0.717) is 39.8 Å². The number of fused-ring (bicyclic) bond motifs is 2. The normalized spacial score (nSPS) is 14.8. The lowest BCUT2D eigenvalue weighted by Crippen LogP contribution is -2.27. The molecule has 0 aliphatic carbocycles. The third kappa shape index (κ3) is 3.50. The molecule has 0 atom stereocenters. The average molecular weight is 443 g/mol. The fourth-order valence-corrected chi connectivity index (χ4v) is 4.52. The van der Waals surface area contributed by atoms with Crippen LogP contribution in [0.2, 0.25) is 0 Å². The van der Waals surface area contributed by atoms with Crippen molar-refractivity contribution in [1.29, 1.82) is 0 Å². The van der Waals surface area contributed by atoms with Crippen molar-refractivity contribution in [2.45, 2.75) is 18.8 Å². The zero-order chi connectivity index (χ0) is 22.4. The van der Waals surface area contributed by atoms with Crippen molar-refractivity contribution in [3.8, 4) is 28.4 Å². The minimum absolute atomic E-state index is 0.384. The predicted molar refractivity (Wildman–Crippen MR) is 124 cm³/mol. The first-order chi connectivity index (χ1) is 16.2. The fourth-order valence-electron chi connectivity index (χ4n) is 4.52. The maximum Gasteiger partial charge on any atom is 0.161 e. The minimum atomic E-state index is -0.384. The number of hydrogen-bond donors (Lipinski definition) is 3. The van der Waals surface area contributed by atoms with Gasteiger partial charge < -0.3 is 15.0 Å². The summed E-state index contributed by atoms with van der Waals surface area (Å²) in [7, 11) is 1.51. The van der Waals surface area contributed by atoms with Crippen LogP contribution < -0.4 is 10.1 Å². The van der Waals surface area contributed by atoms with E-state index in [9.17, 15) is 4.39 Å². The Morgan fingerprint density at radius 1 is 1.00 bits per heavy atom. The van der Waals surface area contributed by atoms with Gasteiger partial charge in [0.1, 0.15) is 17.1 Å². The molecule has 1 aromatic carbocycles. The molecule has 9 heteroatoms. The van der Waals surface area contributed by atoms with E-state index in [0.717, 1.165) is 48.2 Å². The topological polar surface area (TPSA) is 104 Å². The molecule has 0 radical (unpaired) electrons. The van der Waals surface area contributed by atoms with E-state index >= 15 is 0 Å². The third-order valence-electron chi connectivity index (χ3n) is 6.22. The molecule has 0 amide bonds. The van der Waals surface area contributed by atoms with Crippen LogP contribution >= 0.6 is 0 Å². The van der Waals surface area contributed by atoms with E-state index in [1.165, 1.54) is 19.2 Å². The fraction of sp³-hybridized carbons (Fsp3) is 0.250. The molecule has 8 nitrogen and oxygen atoms in total.